The molecule has 0 saturated heterocycles. The number of aromatic nitrogens is 1. The van der Waals surface area contributed by atoms with Crippen LogP contribution in [-0.4, -0.2) is 23.4 Å². The molecule has 0 aliphatic rings. The predicted octanol–water partition coefficient (Wildman–Crippen LogP) is 0.498. The normalized spacial score (nSPS) is 10.7. The van der Waals surface area contributed by atoms with Crippen LogP contribution >= 0.6 is 11.5 Å². The molecule has 0 saturated carbocycles. The highest BCUT2D eigenvalue weighted by Gasteiger charge is 1.96. The summed E-state index contributed by atoms with van der Waals surface area (Å²) in [5, 5.41) is 0. The van der Waals surface area contributed by atoms with Gasteiger partial charge in [0.2, 0.25) is 0 Å². The molecule has 1 aromatic rings. The van der Waals surface area contributed by atoms with E-state index in [1.165, 1.54) is 11.5 Å². The SMILES string of the molecule is CN(C)Cc1cc(=O)[nH]s1. The Morgan fingerprint density at radius 3 is 2.80 bits per heavy atom. The number of nitrogens with one attached hydrogen (secondary N) is 1. The molecule has 0 aliphatic carbocycles. The van der Waals surface area contributed by atoms with Gasteiger partial charge in [0.1, 0.15) is 0 Å². The van der Waals surface area contributed by atoms with Crippen molar-refractivity contribution in [2.75, 3.05) is 14.1 Å². The molecule has 0 aliphatic heterocycles. The van der Waals surface area contributed by atoms with Gasteiger partial charge < -0.3 is 4.90 Å². The highest BCUT2D eigenvalue weighted by Crippen LogP contribution is 2.02. The van der Waals surface area contributed by atoms with E-state index in [4.69, 9.17) is 0 Å². The lowest BCUT2D eigenvalue weighted by atomic mass is 10.5. The van der Waals surface area contributed by atoms with Crippen molar-refractivity contribution in [3.8, 4) is 0 Å². The first-order valence-corrected chi connectivity index (χ1v) is 3.82. The summed E-state index contributed by atoms with van der Waals surface area (Å²) < 4.78 is 2.63. The minimum Gasteiger partial charge on any atom is -0.304 e. The summed E-state index contributed by atoms with van der Waals surface area (Å²) in [6, 6.07) is 1.63. The molecule has 10 heavy (non-hydrogen) atoms. The first-order chi connectivity index (χ1) is 4.68. The number of nitrogens with zero attached hydrogens (tertiary/aromatic N) is 1. The molecule has 1 aromatic heterocycles. The quantitative estimate of drug-likeness (QED) is 0.680. The fourth-order valence-corrected chi connectivity index (χ4v) is 1.49. The summed E-state index contributed by atoms with van der Waals surface area (Å²) in [7, 11) is 3.95. The molecule has 0 bridgehead atoms. The van der Waals surface area contributed by atoms with Crippen molar-refractivity contribution in [3.05, 3.63) is 21.3 Å². The van der Waals surface area contributed by atoms with Gasteiger partial charge in [0.15, 0.2) is 0 Å². The standard InChI is InChI=1S/C6H10N2OS/c1-8(2)4-5-3-6(9)7-10-5/h3H,4H2,1-2H3,(H,7,9). The highest BCUT2D eigenvalue weighted by molar-refractivity contribution is 7.05. The molecule has 0 unspecified atom stereocenters. The minimum atomic E-state index is 0.00171. The Morgan fingerprint density at radius 1 is 1.70 bits per heavy atom. The molecule has 4 heteroatoms. The van der Waals surface area contributed by atoms with Crippen LogP contribution in [0.1, 0.15) is 4.88 Å². The Hall–Kier alpha value is -0.610. The predicted molar refractivity (Wildman–Crippen MR) is 42.3 cm³/mol. The van der Waals surface area contributed by atoms with Crippen LogP contribution in [0.15, 0.2) is 10.9 Å². The second-order valence-corrected chi connectivity index (χ2v) is 3.35. The van der Waals surface area contributed by atoms with Crippen LogP contribution in [0.2, 0.25) is 0 Å². The Morgan fingerprint density at radius 2 is 2.40 bits per heavy atom. The molecule has 0 radical (unpaired) electrons. The summed E-state index contributed by atoms with van der Waals surface area (Å²) in [6.07, 6.45) is 0. The first kappa shape index (κ1) is 7.50. The third-order valence-electron chi connectivity index (χ3n) is 1.05. The zero-order valence-electron chi connectivity index (χ0n) is 6.05. The molecule has 0 fully saturated rings. The van der Waals surface area contributed by atoms with Gasteiger partial charge in [-0.2, -0.15) is 0 Å². The maximum Gasteiger partial charge on any atom is 0.258 e. The minimum absolute atomic E-state index is 0.00171. The largest absolute Gasteiger partial charge is 0.304 e. The van der Waals surface area contributed by atoms with Crippen LogP contribution in [0.5, 0.6) is 0 Å². The Labute approximate surface area is 63.4 Å². The molecular formula is C6H10N2OS. The van der Waals surface area contributed by atoms with Gasteiger partial charge >= 0.3 is 0 Å². The van der Waals surface area contributed by atoms with E-state index in [1.54, 1.807) is 6.07 Å². The second-order valence-electron chi connectivity index (χ2n) is 2.42. The zero-order valence-corrected chi connectivity index (χ0v) is 6.86. The molecule has 1 heterocycles. The van der Waals surface area contributed by atoms with Gasteiger partial charge in [-0.1, -0.05) is 11.5 Å². The van der Waals surface area contributed by atoms with Crippen LogP contribution < -0.4 is 5.56 Å². The van der Waals surface area contributed by atoms with Crippen molar-refractivity contribution >= 4 is 11.5 Å². The third-order valence-corrected chi connectivity index (χ3v) is 1.86. The molecular weight excluding hydrogens is 148 g/mol. The fourth-order valence-electron chi connectivity index (χ4n) is 0.711. The molecule has 0 aromatic carbocycles. The molecule has 1 N–H and O–H groups in total. The lowest BCUT2D eigenvalue weighted by molar-refractivity contribution is 0.406. The van der Waals surface area contributed by atoms with Crippen LogP contribution in [0.3, 0.4) is 0 Å². The maximum atomic E-state index is 10.6. The van der Waals surface area contributed by atoms with E-state index in [2.05, 4.69) is 4.37 Å². The summed E-state index contributed by atoms with van der Waals surface area (Å²) in [5.41, 5.74) is 0.00171. The van der Waals surface area contributed by atoms with Gasteiger partial charge in [-0.15, -0.1) is 0 Å². The summed E-state index contributed by atoms with van der Waals surface area (Å²) >= 11 is 1.40. The van der Waals surface area contributed by atoms with Gasteiger partial charge in [0, 0.05) is 17.5 Å². The molecule has 0 spiro atoms. The number of H-pyrrole nitrogens is 1. The first-order valence-electron chi connectivity index (χ1n) is 3.00. The lowest BCUT2D eigenvalue weighted by Gasteiger charge is -2.04. The lowest BCUT2D eigenvalue weighted by Crippen LogP contribution is -2.09. The van der Waals surface area contributed by atoms with Crippen molar-refractivity contribution < 1.29 is 0 Å². The van der Waals surface area contributed by atoms with E-state index in [1.807, 2.05) is 19.0 Å². The van der Waals surface area contributed by atoms with Crippen molar-refractivity contribution in [2.24, 2.45) is 0 Å². The van der Waals surface area contributed by atoms with E-state index < -0.39 is 0 Å². The van der Waals surface area contributed by atoms with Crippen molar-refractivity contribution in [1.29, 1.82) is 0 Å². The van der Waals surface area contributed by atoms with E-state index in [0.717, 1.165) is 11.4 Å². The van der Waals surface area contributed by atoms with Crippen LogP contribution in [0.4, 0.5) is 0 Å². The van der Waals surface area contributed by atoms with Crippen LogP contribution in [-0.2, 0) is 6.54 Å². The zero-order chi connectivity index (χ0) is 7.56. The fraction of sp³-hybridized carbons (Fsp3) is 0.500. The van der Waals surface area contributed by atoms with Crippen molar-refractivity contribution in [3.63, 3.8) is 0 Å². The summed E-state index contributed by atoms with van der Waals surface area (Å²) in [5.74, 6) is 0. The third kappa shape index (κ3) is 1.97. The van der Waals surface area contributed by atoms with E-state index in [0.29, 0.717) is 0 Å². The topological polar surface area (TPSA) is 36.1 Å². The maximum absolute atomic E-state index is 10.6. The number of aromatic amines is 1. The molecule has 0 amide bonds. The molecule has 3 nitrogen and oxygen atoms in total. The van der Waals surface area contributed by atoms with Crippen molar-refractivity contribution in [1.82, 2.24) is 9.27 Å². The monoisotopic (exact) mass is 158 g/mol. The summed E-state index contributed by atoms with van der Waals surface area (Å²) in [6.45, 7) is 0.837. The van der Waals surface area contributed by atoms with Crippen LogP contribution in [0, 0.1) is 0 Å². The number of hydrogen-bond acceptors (Lipinski definition) is 3. The Bertz CT molecular complexity index is 250. The molecule has 1 rings (SSSR count). The van der Waals surface area contributed by atoms with E-state index in [9.17, 15) is 4.79 Å². The molecule has 0 atom stereocenters. The number of rotatable bonds is 2. The smallest absolute Gasteiger partial charge is 0.258 e. The van der Waals surface area contributed by atoms with Gasteiger partial charge in [-0.3, -0.25) is 9.17 Å². The molecule has 56 valence electrons. The van der Waals surface area contributed by atoms with Crippen LogP contribution in [0.25, 0.3) is 0 Å². The van der Waals surface area contributed by atoms with E-state index >= 15 is 0 Å². The van der Waals surface area contributed by atoms with E-state index in [-0.39, 0.29) is 5.56 Å². The van der Waals surface area contributed by atoms with Crippen molar-refractivity contribution in [2.45, 2.75) is 6.54 Å². The Balaban J connectivity index is 2.67. The average Bonchev–Trinajstić information content (AvgIpc) is 2.13. The van der Waals surface area contributed by atoms with Gasteiger partial charge in [-0.05, 0) is 14.1 Å². The Kier molecular flexibility index (Phi) is 2.24. The van der Waals surface area contributed by atoms with Gasteiger partial charge in [0.05, 0.1) is 0 Å². The number of hydrogen-bond donors (Lipinski definition) is 1. The van der Waals surface area contributed by atoms with Gasteiger partial charge in [-0.25, -0.2) is 0 Å². The summed E-state index contributed by atoms with van der Waals surface area (Å²) in [4.78, 5) is 13.7. The highest BCUT2D eigenvalue weighted by atomic mass is 32.1. The second kappa shape index (κ2) is 2.98. The van der Waals surface area contributed by atoms with Gasteiger partial charge in [0.25, 0.3) is 5.56 Å². The average molecular weight is 158 g/mol.